The highest BCUT2D eigenvalue weighted by Crippen LogP contribution is 2.34. The van der Waals surface area contributed by atoms with Gasteiger partial charge in [-0.3, -0.25) is 19.2 Å². The zero-order chi connectivity index (χ0) is 23.8. The van der Waals surface area contributed by atoms with Crippen molar-refractivity contribution in [3.8, 4) is 0 Å². The molecule has 2 aromatic rings. The fourth-order valence-corrected chi connectivity index (χ4v) is 3.45. The van der Waals surface area contributed by atoms with Crippen molar-refractivity contribution in [3.63, 3.8) is 0 Å². The second kappa shape index (κ2) is 11.3. The van der Waals surface area contributed by atoms with Crippen LogP contribution in [-0.2, 0) is 38.1 Å². The molecule has 1 saturated heterocycles. The Hall–Kier alpha value is -3.40. The average molecular weight is 449 g/mol. The third-order valence-corrected chi connectivity index (χ3v) is 4.51. The fraction of sp³-hybridized carbons (Fsp3) is 0.455. The van der Waals surface area contributed by atoms with Crippen molar-refractivity contribution in [1.82, 2.24) is 4.57 Å². The molecule has 4 unspecified atom stereocenters. The SMILES string of the molecule is CC(=O)O.CC(=O)OCC1OC(n2ccc3ccccc32)CC(OC(C)=O)C1OC(C)=O. The number of benzene rings is 1. The lowest BCUT2D eigenvalue weighted by molar-refractivity contribution is -0.226. The number of hydrogen-bond acceptors (Lipinski definition) is 8. The maximum atomic E-state index is 11.6. The molecule has 1 aromatic carbocycles. The summed E-state index contributed by atoms with van der Waals surface area (Å²) < 4.78 is 23.9. The maximum Gasteiger partial charge on any atom is 0.303 e. The molecule has 1 aromatic heterocycles. The molecule has 174 valence electrons. The maximum absolute atomic E-state index is 11.6. The number of carbonyl (C=O) groups excluding carboxylic acids is 3. The predicted octanol–water partition coefficient (Wildman–Crippen LogP) is 2.45. The van der Waals surface area contributed by atoms with Gasteiger partial charge in [-0.05, 0) is 17.5 Å². The van der Waals surface area contributed by atoms with Crippen molar-refractivity contribution >= 4 is 34.8 Å². The van der Waals surface area contributed by atoms with Crippen LogP contribution in [0.15, 0.2) is 36.5 Å². The van der Waals surface area contributed by atoms with Crippen molar-refractivity contribution in [2.45, 2.75) is 58.7 Å². The van der Waals surface area contributed by atoms with Crippen LogP contribution in [0, 0.1) is 0 Å². The van der Waals surface area contributed by atoms with Crippen LogP contribution in [0.3, 0.4) is 0 Å². The number of para-hydroxylation sites is 1. The first-order valence-corrected chi connectivity index (χ1v) is 9.96. The molecule has 4 atom stereocenters. The fourth-order valence-electron chi connectivity index (χ4n) is 3.45. The van der Waals surface area contributed by atoms with Crippen molar-refractivity contribution in [2.75, 3.05) is 6.61 Å². The van der Waals surface area contributed by atoms with E-state index in [-0.39, 0.29) is 13.0 Å². The predicted molar refractivity (Wildman–Crippen MR) is 112 cm³/mol. The number of carboxylic acids is 1. The molecule has 3 rings (SSSR count). The van der Waals surface area contributed by atoms with Crippen molar-refractivity contribution in [1.29, 1.82) is 0 Å². The number of carbonyl (C=O) groups is 4. The molecule has 10 heteroatoms. The van der Waals surface area contributed by atoms with E-state index in [9.17, 15) is 14.4 Å². The van der Waals surface area contributed by atoms with Crippen LogP contribution in [0.25, 0.3) is 10.9 Å². The Morgan fingerprint density at radius 2 is 1.62 bits per heavy atom. The van der Waals surface area contributed by atoms with E-state index in [1.165, 1.54) is 20.8 Å². The highest BCUT2D eigenvalue weighted by atomic mass is 16.6. The third kappa shape index (κ3) is 7.09. The summed E-state index contributed by atoms with van der Waals surface area (Å²) in [6, 6.07) is 9.76. The Morgan fingerprint density at radius 1 is 1.00 bits per heavy atom. The summed E-state index contributed by atoms with van der Waals surface area (Å²) in [6.45, 7) is 4.80. The molecular weight excluding hydrogens is 422 g/mol. The molecule has 1 aliphatic heterocycles. The first kappa shape index (κ1) is 24.9. The van der Waals surface area contributed by atoms with Gasteiger partial charge in [-0.2, -0.15) is 0 Å². The number of ether oxygens (including phenoxy) is 4. The molecule has 32 heavy (non-hydrogen) atoms. The van der Waals surface area contributed by atoms with E-state index in [1.54, 1.807) is 0 Å². The number of rotatable bonds is 5. The third-order valence-electron chi connectivity index (χ3n) is 4.51. The summed E-state index contributed by atoms with van der Waals surface area (Å²) >= 11 is 0. The molecule has 10 nitrogen and oxygen atoms in total. The van der Waals surface area contributed by atoms with Crippen LogP contribution in [0.5, 0.6) is 0 Å². The van der Waals surface area contributed by atoms with Crippen LogP contribution in [-0.4, -0.2) is 58.5 Å². The molecule has 0 saturated carbocycles. The van der Waals surface area contributed by atoms with E-state index in [4.69, 9.17) is 28.8 Å². The Bertz CT molecular complexity index is 963. The highest BCUT2D eigenvalue weighted by molar-refractivity contribution is 5.80. The average Bonchev–Trinajstić information content (AvgIpc) is 3.11. The molecule has 1 aliphatic rings. The second-order valence-electron chi connectivity index (χ2n) is 7.19. The van der Waals surface area contributed by atoms with E-state index in [0.29, 0.717) is 0 Å². The van der Waals surface area contributed by atoms with Gasteiger partial charge in [0.2, 0.25) is 0 Å². The second-order valence-corrected chi connectivity index (χ2v) is 7.19. The number of esters is 3. The summed E-state index contributed by atoms with van der Waals surface area (Å²) in [7, 11) is 0. The highest BCUT2D eigenvalue weighted by Gasteiger charge is 2.44. The number of nitrogens with zero attached hydrogens (tertiary/aromatic N) is 1. The van der Waals surface area contributed by atoms with Gasteiger partial charge in [0.15, 0.2) is 6.10 Å². The van der Waals surface area contributed by atoms with Crippen LogP contribution in [0.4, 0.5) is 0 Å². The molecular formula is C22H27NO9. The van der Waals surface area contributed by atoms with E-state index in [1.807, 2.05) is 41.1 Å². The number of aromatic nitrogens is 1. The lowest BCUT2D eigenvalue weighted by Gasteiger charge is -2.40. The minimum Gasteiger partial charge on any atom is -0.481 e. The summed E-state index contributed by atoms with van der Waals surface area (Å²) in [5, 5.41) is 8.45. The lowest BCUT2D eigenvalue weighted by Crippen LogP contribution is -2.52. The quantitative estimate of drug-likeness (QED) is 0.540. The van der Waals surface area contributed by atoms with Crippen LogP contribution < -0.4 is 0 Å². The van der Waals surface area contributed by atoms with E-state index < -0.39 is 48.4 Å². The van der Waals surface area contributed by atoms with Crippen molar-refractivity contribution in [3.05, 3.63) is 36.5 Å². The summed E-state index contributed by atoms with van der Waals surface area (Å²) in [6.07, 6.45) is -0.712. The van der Waals surface area contributed by atoms with Crippen LogP contribution in [0.2, 0.25) is 0 Å². The monoisotopic (exact) mass is 449 g/mol. The molecule has 1 fully saturated rings. The topological polar surface area (TPSA) is 130 Å². The van der Waals surface area contributed by atoms with Crippen LogP contribution >= 0.6 is 0 Å². The minimum absolute atomic E-state index is 0.124. The number of fused-ring (bicyclic) bond motifs is 1. The molecule has 0 spiro atoms. The van der Waals surface area contributed by atoms with Crippen molar-refractivity contribution < 1.29 is 43.2 Å². The normalized spacial score (nSPS) is 22.2. The van der Waals surface area contributed by atoms with Gasteiger partial charge in [0.1, 0.15) is 25.0 Å². The zero-order valence-corrected chi connectivity index (χ0v) is 18.3. The molecule has 0 aliphatic carbocycles. The number of hydrogen-bond donors (Lipinski definition) is 1. The largest absolute Gasteiger partial charge is 0.481 e. The van der Waals surface area contributed by atoms with Crippen molar-refractivity contribution in [2.24, 2.45) is 0 Å². The molecule has 0 bridgehead atoms. The summed E-state index contributed by atoms with van der Waals surface area (Å²) in [4.78, 5) is 43.5. The van der Waals surface area contributed by atoms with Gasteiger partial charge in [0, 0.05) is 40.3 Å². The first-order valence-electron chi connectivity index (χ1n) is 9.96. The Morgan fingerprint density at radius 3 is 2.22 bits per heavy atom. The smallest absolute Gasteiger partial charge is 0.303 e. The van der Waals surface area contributed by atoms with Gasteiger partial charge >= 0.3 is 17.9 Å². The first-order chi connectivity index (χ1) is 15.1. The van der Waals surface area contributed by atoms with Gasteiger partial charge in [0.25, 0.3) is 5.97 Å². The van der Waals surface area contributed by atoms with Gasteiger partial charge < -0.3 is 28.6 Å². The molecule has 2 heterocycles. The van der Waals surface area contributed by atoms with Gasteiger partial charge in [-0.15, -0.1) is 0 Å². The van der Waals surface area contributed by atoms with E-state index in [0.717, 1.165) is 17.8 Å². The molecule has 0 amide bonds. The minimum atomic E-state index is -0.876. The van der Waals surface area contributed by atoms with Gasteiger partial charge in [0.05, 0.1) is 5.52 Å². The van der Waals surface area contributed by atoms with E-state index in [2.05, 4.69) is 0 Å². The van der Waals surface area contributed by atoms with E-state index >= 15 is 0 Å². The zero-order valence-electron chi connectivity index (χ0n) is 18.3. The number of carboxylic acid groups (broad SMARTS) is 1. The lowest BCUT2D eigenvalue weighted by atomic mass is 10.00. The van der Waals surface area contributed by atoms with Gasteiger partial charge in [-0.25, -0.2) is 0 Å². The summed E-state index contributed by atoms with van der Waals surface area (Å²) in [5.74, 6) is -2.35. The summed E-state index contributed by atoms with van der Waals surface area (Å²) in [5.41, 5.74) is 0.950. The standard InChI is InChI=1S/C20H23NO7.C2H4O2/c1-12(22)25-11-18-20(27-14(3)24)17(26-13(2)23)10-19(28-18)21-9-8-15-6-4-5-7-16(15)21;1-2(3)4/h4-9,17-20H,10-11H2,1-3H3;1H3,(H,3,4). The molecule has 0 radical (unpaired) electrons. The Balaban J connectivity index is 0.000000837. The van der Waals surface area contributed by atoms with Crippen LogP contribution in [0.1, 0.15) is 40.3 Å². The van der Waals surface area contributed by atoms with Gasteiger partial charge in [-0.1, -0.05) is 18.2 Å². The molecule has 1 N–H and O–H groups in total. The Labute approximate surface area is 185 Å². The Kier molecular flexibility index (Phi) is 8.77. The number of aliphatic carboxylic acids is 1.